The summed E-state index contributed by atoms with van der Waals surface area (Å²) in [6, 6.07) is 0. The van der Waals surface area contributed by atoms with Crippen LogP contribution in [0, 0.1) is 0 Å². The molecular formula is C9H13F3. The van der Waals surface area contributed by atoms with Crippen LogP contribution in [-0.4, -0.2) is 6.18 Å². The lowest BCUT2D eigenvalue weighted by molar-refractivity contribution is -0.0900. The summed E-state index contributed by atoms with van der Waals surface area (Å²) in [5.41, 5.74) is 0.0746. The van der Waals surface area contributed by atoms with E-state index in [-0.39, 0.29) is 5.57 Å². The van der Waals surface area contributed by atoms with Crippen molar-refractivity contribution in [3.8, 4) is 0 Å². The van der Waals surface area contributed by atoms with Gasteiger partial charge in [0.25, 0.3) is 0 Å². The molecule has 0 heterocycles. The Balaban J connectivity index is 5.12. The van der Waals surface area contributed by atoms with Crippen LogP contribution in [0.15, 0.2) is 22.8 Å². The molecule has 0 spiro atoms. The maximum Gasteiger partial charge on any atom is 0.416 e. The Kier molecular flexibility index (Phi) is 3.55. The van der Waals surface area contributed by atoms with Crippen LogP contribution >= 0.6 is 0 Å². The summed E-state index contributed by atoms with van der Waals surface area (Å²) >= 11 is 0. The Hall–Kier alpha value is -0.730. The molecule has 0 aromatic heterocycles. The van der Waals surface area contributed by atoms with E-state index in [0.717, 1.165) is 0 Å². The molecule has 0 atom stereocenters. The van der Waals surface area contributed by atoms with Gasteiger partial charge in [-0.1, -0.05) is 11.6 Å². The van der Waals surface area contributed by atoms with Gasteiger partial charge in [-0.15, -0.1) is 0 Å². The van der Waals surface area contributed by atoms with Crippen molar-refractivity contribution in [1.82, 2.24) is 0 Å². The zero-order valence-electron chi connectivity index (χ0n) is 7.71. The molecule has 0 aromatic rings. The van der Waals surface area contributed by atoms with Gasteiger partial charge in [0.2, 0.25) is 0 Å². The van der Waals surface area contributed by atoms with E-state index in [0.29, 0.717) is 5.57 Å². The highest BCUT2D eigenvalue weighted by molar-refractivity contribution is 5.35. The molecule has 0 nitrogen and oxygen atoms in total. The minimum Gasteiger partial charge on any atom is -0.166 e. The third-order valence-electron chi connectivity index (χ3n) is 1.61. The minimum atomic E-state index is -4.23. The average molecular weight is 178 g/mol. The second-order valence-corrected chi connectivity index (χ2v) is 2.84. The van der Waals surface area contributed by atoms with Crippen LogP contribution in [0.5, 0.6) is 0 Å². The largest absolute Gasteiger partial charge is 0.416 e. The molecule has 0 unspecified atom stereocenters. The van der Waals surface area contributed by atoms with Crippen LogP contribution in [0.3, 0.4) is 0 Å². The highest BCUT2D eigenvalue weighted by atomic mass is 19.4. The molecule has 70 valence electrons. The maximum atomic E-state index is 12.3. The standard InChI is InChI=1S/C9H13F3/c1-5-7(4)8(6(2)3)9(10,11)12/h5H,1-4H3/b7-5-. The summed E-state index contributed by atoms with van der Waals surface area (Å²) in [4.78, 5) is 0. The van der Waals surface area contributed by atoms with Gasteiger partial charge in [-0.25, -0.2) is 0 Å². The summed E-state index contributed by atoms with van der Waals surface area (Å²) in [7, 11) is 0. The first-order valence-corrected chi connectivity index (χ1v) is 3.68. The van der Waals surface area contributed by atoms with E-state index in [2.05, 4.69) is 0 Å². The fourth-order valence-electron chi connectivity index (χ4n) is 1.05. The monoisotopic (exact) mass is 178 g/mol. The summed E-state index contributed by atoms with van der Waals surface area (Å²) < 4.78 is 36.9. The smallest absolute Gasteiger partial charge is 0.166 e. The third kappa shape index (κ3) is 2.72. The number of hydrogen-bond donors (Lipinski definition) is 0. The minimum absolute atomic E-state index is 0.280. The van der Waals surface area contributed by atoms with Crippen molar-refractivity contribution in [2.75, 3.05) is 0 Å². The molecule has 0 N–H and O–H groups in total. The zero-order chi connectivity index (χ0) is 9.94. The fourth-order valence-corrected chi connectivity index (χ4v) is 1.05. The molecule has 0 amide bonds. The van der Waals surface area contributed by atoms with E-state index in [1.807, 2.05) is 0 Å². The normalized spacial score (nSPS) is 13.1. The van der Waals surface area contributed by atoms with Gasteiger partial charge in [-0.2, -0.15) is 13.2 Å². The van der Waals surface area contributed by atoms with Crippen molar-refractivity contribution in [1.29, 1.82) is 0 Å². The highest BCUT2D eigenvalue weighted by Gasteiger charge is 2.34. The summed E-state index contributed by atoms with van der Waals surface area (Å²) in [5.74, 6) is 0. The first-order valence-electron chi connectivity index (χ1n) is 3.68. The van der Waals surface area contributed by atoms with Crippen LogP contribution in [0.25, 0.3) is 0 Å². The lowest BCUT2D eigenvalue weighted by Gasteiger charge is -2.13. The van der Waals surface area contributed by atoms with Gasteiger partial charge in [-0.3, -0.25) is 0 Å². The van der Waals surface area contributed by atoms with Crippen molar-refractivity contribution >= 4 is 0 Å². The molecule has 0 fully saturated rings. The van der Waals surface area contributed by atoms with Gasteiger partial charge >= 0.3 is 6.18 Å². The van der Waals surface area contributed by atoms with Crippen LogP contribution in [-0.2, 0) is 0 Å². The van der Waals surface area contributed by atoms with E-state index in [1.165, 1.54) is 26.8 Å². The second-order valence-electron chi connectivity index (χ2n) is 2.84. The molecule has 0 saturated heterocycles. The number of rotatable bonds is 1. The predicted molar refractivity (Wildman–Crippen MR) is 43.9 cm³/mol. The Bertz CT molecular complexity index is 214. The quantitative estimate of drug-likeness (QED) is 0.535. The third-order valence-corrected chi connectivity index (χ3v) is 1.61. The Morgan fingerprint density at radius 1 is 1.08 bits per heavy atom. The zero-order valence-corrected chi connectivity index (χ0v) is 7.71. The average Bonchev–Trinajstić information content (AvgIpc) is 1.83. The molecular weight excluding hydrogens is 165 g/mol. The Labute approximate surface area is 70.8 Å². The molecule has 3 heteroatoms. The summed E-state index contributed by atoms with van der Waals surface area (Å²) in [6.45, 7) is 6.01. The molecule has 0 bridgehead atoms. The maximum absolute atomic E-state index is 12.3. The van der Waals surface area contributed by atoms with Gasteiger partial charge in [0, 0.05) is 0 Å². The molecule has 0 saturated carbocycles. The van der Waals surface area contributed by atoms with Gasteiger partial charge in [0.1, 0.15) is 0 Å². The second kappa shape index (κ2) is 3.78. The van der Waals surface area contributed by atoms with Crippen molar-refractivity contribution in [2.24, 2.45) is 0 Å². The molecule has 0 aliphatic carbocycles. The Morgan fingerprint density at radius 3 is 1.58 bits per heavy atom. The van der Waals surface area contributed by atoms with Crippen molar-refractivity contribution in [3.05, 3.63) is 22.8 Å². The molecule has 12 heavy (non-hydrogen) atoms. The fraction of sp³-hybridized carbons (Fsp3) is 0.556. The van der Waals surface area contributed by atoms with Gasteiger partial charge in [0.05, 0.1) is 5.57 Å². The number of halogens is 3. The topological polar surface area (TPSA) is 0 Å². The van der Waals surface area contributed by atoms with Crippen molar-refractivity contribution in [2.45, 2.75) is 33.9 Å². The van der Waals surface area contributed by atoms with Gasteiger partial charge in [0.15, 0.2) is 0 Å². The van der Waals surface area contributed by atoms with Crippen LogP contribution < -0.4 is 0 Å². The molecule has 0 rings (SSSR count). The molecule has 0 aliphatic heterocycles. The summed E-state index contributed by atoms with van der Waals surface area (Å²) in [5, 5.41) is 0. The molecule has 0 aromatic carbocycles. The lowest BCUT2D eigenvalue weighted by Crippen LogP contribution is -2.14. The van der Waals surface area contributed by atoms with Crippen LogP contribution in [0.1, 0.15) is 27.7 Å². The Morgan fingerprint density at radius 2 is 1.50 bits per heavy atom. The lowest BCUT2D eigenvalue weighted by atomic mass is 10.0. The molecule has 0 aliphatic rings. The number of hydrogen-bond acceptors (Lipinski definition) is 0. The number of allylic oxidation sites excluding steroid dienone is 4. The first kappa shape index (κ1) is 11.3. The predicted octanol–water partition coefficient (Wildman–Crippen LogP) is 3.85. The summed E-state index contributed by atoms with van der Waals surface area (Å²) in [6.07, 6.45) is -2.76. The van der Waals surface area contributed by atoms with Crippen LogP contribution in [0.4, 0.5) is 13.2 Å². The molecule has 0 radical (unpaired) electrons. The van der Waals surface area contributed by atoms with Crippen molar-refractivity contribution < 1.29 is 13.2 Å². The van der Waals surface area contributed by atoms with E-state index in [4.69, 9.17) is 0 Å². The van der Waals surface area contributed by atoms with Crippen molar-refractivity contribution in [3.63, 3.8) is 0 Å². The first-order chi connectivity index (χ1) is 5.30. The highest BCUT2D eigenvalue weighted by Crippen LogP contribution is 2.33. The van der Waals surface area contributed by atoms with E-state index in [9.17, 15) is 13.2 Å². The van der Waals surface area contributed by atoms with Crippen LogP contribution in [0.2, 0.25) is 0 Å². The van der Waals surface area contributed by atoms with Gasteiger partial charge < -0.3 is 0 Å². The van der Waals surface area contributed by atoms with E-state index in [1.54, 1.807) is 6.92 Å². The van der Waals surface area contributed by atoms with E-state index >= 15 is 0 Å². The van der Waals surface area contributed by atoms with E-state index < -0.39 is 11.7 Å². The SMILES string of the molecule is C/C=C(/C)C(=C(C)C)C(F)(F)F. The number of alkyl halides is 3. The van der Waals surface area contributed by atoms with Gasteiger partial charge in [-0.05, 0) is 33.3 Å².